The number of aromatic nitrogens is 1. The summed E-state index contributed by atoms with van der Waals surface area (Å²) in [5.41, 5.74) is 7.97. The van der Waals surface area contributed by atoms with Gasteiger partial charge in [-0.3, -0.25) is 14.8 Å². The molecular weight excluding hydrogens is 360 g/mol. The minimum absolute atomic E-state index is 0.0938. The first-order chi connectivity index (χ1) is 13.4. The van der Waals surface area contributed by atoms with Gasteiger partial charge in [0.25, 0.3) is 11.8 Å². The Morgan fingerprint density at radius 1 is 1.36 bits per heavy atom. The van der Waals surface area contributed by atoms with Gasteiger partial charge in [-0.05, 0) is 37.3 Å². The van der Waals surface area contributed by atoms with Crippen molar-refractivity contribution in [3.05, 3.63) is 47.7 Å². The summed E-state index contributed by atoms with van der Waals surface area (Å²) >= 11 is 0. The number of pyridine rings is 1. The van der Waals surface area contributed by atoms with Gasteiger partial charge in [0.05, 0.1) is 6.10 Å². The van der Waals surface area contributed by atoms with E-state index in [0.717, 1.165) is 0 Å². The summed E-state index contributed by atoms with van der Waals surface area (Å²) in [6.07, 6.45) is 5.93. The van der Waals surface area contributed by atoms with E-state index < -0.39 is 24.0 Å². The van der Waals surface area contributed by atoms with Crippen LogP contribution in [0.3, 0.4) is 0 Å². The topological polar surface area (TPSA) is 138 Å². The average Bonchev–Trinajstić information content (AvgIpc) is 2.70. The maximum Gasteiger partial charge on any atom is 0.268 e. The van der Waals surface area contributed by atoms with Crippen LogP contribution in [-0.4, -0.2) is 39.3 Å². The Labute approximate surface area is 162 Å². The number of hydrogen-bond acceptors (Lipinski definition) is 6. The number of hydroxylamine groups is 1. The van der Waals surface area contributed by atoms with E-state index in [2.05, 4.69) is 34.0 Å². The van der Waals surface area contributed by atoms with Crippen molar-refractivity contribution < 1.29 is 19.9 Å². The molecule has 144 valence electrons. The quantitative estimate of drug-likeness (QED) is 0.281. The van der Waals surface area contributed by atoms with Gasteiger partial charge >= 0.3 is 0 Å². The van der Waals surface area contributed by atoms with E-state index in [0.29, 0.717) is 23.4 Å². The first-order valence-corrected chi connectivity index (χ1v) is 8.45. The number of nitrogens with two attached hydrogens (primary N) is 1. The molecule has 0 fully saturated rings. The molecule has 1 aliphatic carbocycles. The van der Waals surface area contributed by atoms with Gasteiger partial charge in [-0.1, -0.05) is 30.1 Å². The standard InChI is InChI=1S/C20H20N4O4/c1-13(25)18(20(27)24-28)23-19(26)16-9-6-14(7-10-16)4-2-3-5-15-8-11-17(21)22-12-15/h6,8-14,18,25,28H,7H2,1H3,(H2,21,22)(H,23,26)(H,24,27)/t13-,14?,18+/m1/s1. The molecule has 0 radical (unpaired) electrons. The number of nitrogens with zero attached hydrogens (tertiary/aromatic N) is 1. The van der Waals surface area contributed by atoms with Crippen molar-refractivity contribution in [2.45, 2.75) is 25.5 Å². The molecule has 0 aromatic carbocycles. The van der Waals surface area contributed by atoms with Gasteiger partial charge in [-0.2, -0.15) is 0 Å². The summed E-state index contributed by atoms with van der Waals surface area (Å²) in [6.45, 7) is 1.33. The number of aliphatic hydroxyl groups is 1. The third-order valence-corrected chi connectivity index (χ3v) is 3.84. The Kier molecular flexibility index (Phi) is 7.35. The highest BCUT2D eigenvalue weighted by Gasteiger charge is 2.26. The lowest BCUT2D eigenvalue weighted by Gasteiger charge is -2.20. The fourth-order valence-electron chi connectivity index (χ4n) is 2.31. The van der Waals surface area contributed by atoms with E-state index in [-0.39, 0.29) is 5.92 Å². The monoisotopic (exact) mass is 380 g/mol. The number of aliphatic hydroxyl groups excluding tert-OH is 1. The Hall–Kier alpha value is -3.59. The third kappa shape index (κ3) is 5.99. The SMILES string of the molecule is C[C@@H](O)[C@H](NC(=O)C1=CCC(C#CC#Cc2ccc(N)nc2)C=C1)C(=O)NO. The van der Waals surface area contributed by atoms with Crippen molar-refractivity contribution in [1.29, 1.82) is 0 Å². The molecule has 1 aliphatic rings. The molecule has 0 saturated carbocycles. The lowest BCUT2D eigenvalue weighted by Crippen LogP contribution is -2.52. The zero-order valence-electron chi connectivity index (χ0n) is 15.1. The van der Waals surface area contributed by atoms with E-state index in [1.807, 2.05) is 0 Å². The summed E-state index contributed by atoms with van der Waals surface area (Å²) < 4.78 is 0. The molecule has 0 aliphatic heterocycles. The predicted molar refractivity (Wildman–Crippen MR) is 102 cm³/mol. The van der Waals surface area contributed by atoms with Crippen LogP contribution >= 0.6 is 0 Å². The summed E-state index contributed by atoms with van der Waals surface area (Å²) in [6, 6.07) is 2.15. The van der Waals surface area contributed by atoms with Crippen molar-refractivity contribution >= 4 is 17.6 Å². The molecule has 1 heterocycles. The number of carbonyl (C=O) groups excluding carboxylic acids is 2. The number of hydrogen-bond donors (Lipinski definition) is 5. The van der Waals surface area contributed by atoms with Gasteiger partial charge in [-0.15, -0.1) is 0 Å². The molecule has 8 nitrogen and oxygen atoms in total. The van der Waals surface area contributed by atoms with Gasteiger partial charge in [0, 0.05) is 23.3 Å². The van der Waals surface area contributed by atoms with Crippen molar-refractivity contribution in [2.24, 2.45) is 5.92 Å². The van der Waals surface area contributed by atoms with Gasteiger partial charge in [0.1, 0.15) is 11.9 Å². The minimum atomic E-state index is -1.26. The van der Waals surface area contributed by atoms with Crippen LogP contribution in [0.1, 0.15) is 18.9 Å². The largest absolute Gasteiger partial charge is 0.391 e. The lowest BCUT2D eigenvalue weighted by atomic mass is 9.96. The maximum atomic E-state index is 12.2. The lowest BCUT2D eigenvalue weighted by molar-refractivity contribution is -0.136. The van der Waals surface area contributed by atoms with E-state index in [1.165, 1.54) is 12.4 Å². The number of allylic oxidation sites excluding steroid dienone is 2. The second-order valence-electron chi connectivity index (χ2n) is 6.02. The molecular formula is C20H20N4O4. The third-order valence-electron chi connectivity index (χ3n) is 3.84. The maximum absolute atomic E-state index is 12.2. The summed E-state index contributed by atoms with van der Waals surface area (Å²) in [7, 11) is 0. The number of carbonyl (C=O) groups is 2. The molecule has 2 rings (SSSR count). The van der Waals surface area contributed by atoms with Crippen LogP contribution in [0.4, 0.5) is 5.82 Å². The molecule has 8 heteroatoms. The average molecular weight is 380 g/mol. The van der Waals surface area contributed by atoms with Crippen molar-refractivity contribution in [1.82, 2.24) is 15.8 Å². The van der Waals surface area contributed by atoms with Crippen molar-refractivity contribution in [3.63, 3.8) is 0 Å². The molecule has 28 heavy (non-hydrogen) atoms. The highest BCUT2D eigenvalue weighted by molar-refractivity contribution is 5.99. The highest BCUT2D eigenvalue weighted by Crippen LogP contribution is 2.16. The van der Waals surface area contributed by atoms with Crippen molar-refractivity contribution in [3.8, 4) is 23.7 Å². The van der Waals surface area contributed by atoms with Crippen LogP contribution in [0.5, 0.6) is 0 Å². The molecule has 0 saturated heterocycles. The van der Waals surface area contributed by atoms with Gasteiger partial charge in [-0.25, -0.2) is 10.5 Å². The van der Waals surface area contributed by atoms with E-state index in [9.17, 15) is 14.7 Å². The Morgan fingerprint density at radius 2 is 2.14 bits per heavy atom. The first kappa shape index (κ1) is 20.7. The van der Waals surface area contributed by atoms with Crippen molar-refractivity contribution in [2.75, 3.05) is 5.73 Å². The number of nitrogen functional groups attached to an aromatic ring is 1. The van der Waals surface area contributed by atoms with Gasteiger partial charge in [0.2, 0.25) is 0 Å². The van der Waals surface area contributed by atoms with Crippen LogP contribution in [0.2, 0.25) is 0 Å². The first-order valence-electron chi connectivity index (χ1n) is 8.45. The molecule has 1 unspecified atom stereocenters. The van der Waals surface area contributed by atoms with E-state index >= 15 is 0 Å². The zero-order chi connectivity index (χ0) is 20.5. The second kappa shape index (κ2) is 9.93. The van der Waals surface area contributed by atoms with Gasteiger partial charge < -0.3 is 16.2 Å². The van der Waals surface area contributed by atoms with E-state index in [4.69, 9.17) is 10.9 Å². The molecule has 6 N–H and O–H groups in total. The molecule has 1 aromatic heterocycles. The van der Waals surface area contributed by atoms with Crippen LogP contribution < -0.4 is 16.5 Å². The van der Waals surface area contributed by atoms with Crippen LogP contribution in [0, 0.1) is 29.6 Å². The van der Waals surface area contributed by atoms with Gasteiger partial charge in [0.15, 0.2) is 0 Å². The number of anilines is 1. The summed E-state index contributed by atoms with van der Waals surface area (Å²) in [4.78, 5) is 27.6. The zero-order valence-corrected chi connectivity index (χ0v) is 15.1. The fraction of sp³-hybridized carbons (Fsp3) is 0.250. The predicted octanol–water partition coefficient (Wildman–Crippen LogP) is -0.108. The summed E-state index contributed by atoms with van der Waals surface area (Å²) in [5, 5.41) is 20.6. The Balaban J connectivity index is 1.93. The smallest absolute Gasteiger partial charge is 0.268 e. The van der Waals surface area contributed by atoms with Crippen LogP contribution in [0.25, 0.3) is 0 Å². The Morgan fingerprint density at radius 3 is 2.71 bits per heavy atom. The number of rotatable bonds is 4. The fourth-order valence-corrected chi connectivity index (χ4v) is 2.31. The number of amides is 2. The summed E-state index contributed by atoms with van der Waals surface area (Å²) in [5.74, 6) is 10.2. The molecule has 0 spiro atoms. The Bertz CT molecular complexity index is 911. The molecule has 3 atom stereocenters. The molecule has 1 aromatic rings. The molecule has 0 bridgehead atoms. The highest BCUT2D eigenvalue weighted by atomic mass is 16.5. The van der Waals surface area contributed by atoms with Crippen LogP contribution in [0.15, 0.2) is 42.1 Å². The minimum Gasteiger partial charge on any atom is -0.391 e. The second-order valence-corrected chi connectivity index (χ2v) is 6.02. The van der Waals surface area contributed by atoms with E-state index in [1.54, 1.807) is 36.6 Å². The normalized spacial score (nSPS) is 17.0. The van der Waals surface area contributed by atoms with Crippen LogP contribution in [-0.2, 0) is 9.59 Å². The number of nitrogens with one attached hydrogen (secondary N) is 2. The molecule has 2 amide bonds.